The second kappa shape index (κ2) is 2.10. The van der Waals surface area contributed by atoms with Gasteiger partial charge in [0, 0.05) is 4.75 Å². The normalized spacial score (nSPS) is 43.8. The Labute approximate surface area is 72.6 Å². The SMILES string of the molecule is CC1(S)CCC2(CSC2)C1. The highest BCUT2D eigenvalue weighted by molar-refractivity contribution is 8.00. The molecular weight excluding hydrogens is 160 g/mol. The maximum atomic E-state index is 4.64. The Balaban J connectivity index is 2.05. The molecule has 0 radical (unpaired) electrons. The van der Waals surface area contributed by atoms with E-state index >= 15 is 0 Å². The zero-order valence-electron chi connectivity index (χ0n) is 6.39. The molecule has 1 saturated carbocycles. The second-order valence-corrected chi connectivity index (χ2v) is 6.23. The van der Waals surface area contributed by atoms with Crippen LogP contribution in [0.3, 0.4) is 0 Å². The molecule has 10 heavy (non-hydrogen) atoms. The van der Waals surface area contributed by atoms with Crippen molar-refractivity contribution in [3.05, 3.63) is 0 Å². The predicted molar refractivity (Wildman–Crippen MR) is 51.0 cm³/mol. The fraction of sp³-hybridized carbons (Fsp3) is 1.00. The zero-order valence-corrected chi connectivity index (χ0v) is 8.10. The standard InChI is InChI=1S/C8H14S2/c1-7(9)2-3-8(4-7)5-10-6-8/h9H,2-6H2,1H3. The average Bonchev–Trinajstić information content (AvgIpc) is 2.04. The van der Waals surface area contributed by atoms with Gasteiger partial charge >= 0.3 is 0 Å². The van der Waals surface area contributed by atoms with Crippen LogP contribution < -0.4 is 0 Å². The third-order valence-corrected chi connectivity index (χ3v) is 4.78. The first kappa shape index (κ1) is 7.35. The van der Waals surface area contributed by atoms with Crippen LogP contribution in [0, 0.1) is 5.41 Å². The van der Waals surface area contributed by atoms with E-state index in [9.17, 15) is 0 Å². The second-order valence-electron chi connectivity index (χ2n) is 4.17. The number of rotatable bonds is 0. The van der Waals surface area contributed by atoms with Gasteiger partial charge < -0.3 is 0 Å². The Hall–Kier alpha value is 0.700. The Morgan fingerprint density at radius 3 is 2.20 bits per heavy atom. The van der Waals surface area contributed by atoms with E-state index in [-0.39, 0.29) is 0 Å². The van der Waals surface area contributed by atoms with Crippen molar-refractivity contribution in [2.24, 2.45) is 5.41 Å². The number of thiol groups is 1. The van der Waals surface area contributed by atoms with Crippen LogP contribution in [0.4, 0.5) is 0 Å². The van der Waals surface area contributed by atoms with Gasteiger partial charge in [0.25, 0.3) is 0 Å². The zero-order chi connectivity index (χ0) is 7.24. The Kier molecular flexibility index (Phi) is 1.54. The highest BCUT2D eigenvalue weighted by Gasteiger charge is 2.47. The third-order valence-electron chi connectivity index (χ3n) is 2.77. The van der Waals surface area contributed by atoms with E-state index in [1.54, 1.807) is 0 Å². The summed E-state index contributed by atoms with van der Waals surface area (Å²) >= 11 is 6.74. The van der Waals surface area contributed by atoms with Gasteiger partial charge in [-0.15, -0.1) is 0 Å². The molecule has 1 unspecified atom stereocenters. The minimum atomic E-state index is 0.362. The summed E-state index contributed by atoms with van der Waals surface area (Å²) < 4.78 is 0.362. The van der Waals surface area contributed by atoms with E-state index in [0.29, 0.717) is 4.75 Å². The van der Waals surface area contributed by atoms with Crippen molar-refractivity contribution in [2.75, 3.05) is 11.5 Å². The van der Waals surface area contributed by atoms with Crippen molar-refractivity contribution >= 4 is 24.4 Å². The smallest absolute Gasteiger partial charge is 0.0107 e. The lowest BCUT2D eigenvalue weighted by Gasteiger charge is -2.38. The summed E-state index contributed by atoms with van der Waals surface area (Å²) in [5.41, 5.74) is 0.737. The molecule has 0 bridgehead atoms. The molecule has 2 aliphatic rings. The Morgan fingerprint density at radius 1 is 1.30 bits per heavy atom. The summed E-state index contributed by atoms with van der Waals surface area (Å²) in [5, 5.41) is 0. The predicted octanol–water partition coefficient (Wildman–Crippen LogP) is 2.59. The van der Waals surface area contributed by atoms with Crippen LogP contribution in [0.15, 0.2) is 0 Å². The van der Waals surface area contributed by atoms with Crippen LogP contribution in [0.5, 0.6) is 0 Å². The van der Waals surface area contributed by atoms with E-state index in [1.807, 2.05) is 0 Å². The monoisotopic (exact) mass is 174 g/mol. The van der Waals surface area contributed by atoms with Gasteiger partial charge in [-0.25, -0.2) is 0 Å². The summed E-state index contributed by atoms with van der Waals surface area (Å²) in [5.74, 6) is 2.81. The first-order chi connectivity index (χ1) is 4.62. The average molecular weight is 174 g/mol. The van der Waals surface area contributed by atoms with Crippen LogP contribution in [0.25, 0.3) is 0 Å². The fourth-order valence-electron chi connectivity index (χ4n) is 2.16. The van der Waals surface area contributed by atoms with Crippen molar-refractivity contribution in [1.82, 2.24) is 0 Å². The van der Waals surface area contributed by atoms with E-state index in [4.69, 9.17) is 0 Å². The van der Waals surface area contributed by atoms with Gasteiger partial charge in [-0.1, -0.05) is 6.92 Å². The van der Waals surface area contributed by atoms with Crippen LogP contribution in [0.2, 0.25) is 0 Å². The van der Waals surface area contributed by atoms with Gasteiger partial charge in [0.05, 0.1) is 0 Å². The molecule has 0 aromatic rings. The highest BCUT2D eigenvalue weighted by atomic mass is 32.2. The molecule has 0 aromatic heterocycles. The van der Waals surface area contributed by atoms with Crippen LogP contribution in [-0.4, -0.2) is 16.3 Å². The lowest BCUT2D eigenvalue weighted by molar-refractivity contribution is 0.368. The molecule has 1 heterocycles. The van der Waals surface area contributed by atoms with Gasteiger partial charge in [0.15, 0.2) is 0 Å². The van der Waals surface area contributed by atoms with Crippen molar-refractivity contribution in [2.45, 2.75) is 30.9 Å². The molecule has 2 heteroatoms. The lowest BCUT2D eigenvalue weighted by atomic mass is 9.89. The largest absolute Gasteiger partial charge is 0.173 e. The Morgan fingerprint density at radius 2 is 2.00 bits per heavy atom. The molecule has 0 amide bonds. The van der Waals surface area contributed by atoms with E-state index in [2.05, 4.69) is 31.3 Å². The van der Waals surface area contributed by atoms with Crippen molar-refractivity contribution < 1.29 is 0 Å². The number of hydrogen-bond donors (Lipinski definition) is 1. The first-order valence-corrected chi connectivity index (χ1v) is 5.52. The summed E-state index contributed by atoms with van der Waals surface area (Å²) in [6.45, 7) is 2.29. The van der Waals surface area contributed by atoms with Gasteiger partial charge in [0.2, 0.25) is 0 Å². The third kappa shape index (κ3) is 1.10. The lowest BCUT2D eigenvalue weighted by Crippen LogP contribution is -2.34. The van der Waals surface area contributed by atoms with Gasteiger partial charge in [-0.05, 0) is 36.2 Å². The molecule has 2 fully saturated rings. The first-order valence-electron chi connectivity index (χ1n) is 3.92. The van der Waals surface area contributed by atoms with Crippen LogP contribution >= 0.6 is 24.4 Å². The highest BCUT2D eigenvalue weighted by Crippen LogP contribution is 2.55. The topological polar surface area (TPSA) is 0 Å². The number of thioether (sulfide) groups is 1. The Bertz CT molecular complexity index is 147. The summed E-state index contributed by atoms with van der Waals surface area (Å²) in [6, 6.07) is 0. The minimum Gasteiger partial charge on any atom is -0.173 e. The van der Waals surface area contributed by atoms with Crippen LogP contribution in [-0.2, 0) is 0 Å². The summed E-state index contributed by atoms with van der Waals surface area (Å²) in [7, 11) is 0. The van der Waals surface area contributed by atoms with Crippen molar-refractivity contribution in [3.8, 4) is 0 Å². The van der Waals surface area contributed by atoms with Crippen LogP contribution in [0.1, 0.15) is 26.2 Å². The molecule has 58 valence electrons. The van der Waals surface area contributed by atoms with Gasteiger partial charge in [0.1, 0.15) is 0 Å². The maximum Gasteiger partial charge on any atom is 0.0107 e. The molecule has 0 nitrogen and oxygen atoms in total. The van der Waals surface area contributed by atoms with Crippen molar-refractivity contribution in [3.63, 3.8) is 0 Å². The molecule has 1 atom stereocenters. The molecule has 0 aromatic carbocycles. The molecule has 1 spiro atoms. The molecular formula is C8H14S2. The molecule has 2 rings (SSSR count). The minimum absolute atomic E-state index is 0.362. The van der Waals surface area contributed by atoms with E-state index < -0.39 is 0 Å². The summed E-state index contributed by atoms with van der Waals surface area (Å²) in [6.07, 6.45) is 4.12. The quantitative estimate of drug-likeness (QED) is 0.551. The summed E-state index contributed by atoms with van der Waals surface area (Å²) in [4.78, 5) is 0. The van der Waals surface area contributed by atoms with Gasteiger partial charge in [-0.2, -0.15) is 24.4 Å². The van der Waals surface area contributed by atoms with E-state index in [0.717, 1.165) is 5.41 Å². The maximum absolute atomic E-state index is 4.64. The molecule has 1 aliphatic carbocycles. The van der Waals surface area contributed by atoms with Crippen molar-refractivity contribution in [1.29, 1.82) is 0 Å². The molecule has 1 aliphatic heterocycles. The molecule has 0 N–H and O–H groups in total. The van der Waals surface area contributed by atoms with Gasteiger partial charge in [-0.3, -0.25) is 0 Å². The molecule has 1 saturated heterocycles. The number of hydrogen-bond acceptors (Lipinski definition) is 2. The fourth-order valence-corrected chi connectivity index (χ4v) is 3.88. The van der Waals surface area contributed by atoms with E-state index in [1.165, 1.54) is 30.8 Å².